The van der Waals surface area contributed by atoms with Gasteiger partial charge in [0.2, 0.25) is 0 Å². The number of phenolic OH excluding ortho intramolecular Hbond substituents is 1. The van der Waals surface area contributed by atoms with Gasteiger partial charge in [0.1, 0.15) is 0 Å². The van der Waals surface area contributed by atoms with Crippen molar-refractivity contribution in [2.75, 3.05) is 13.7 Å². The minimum absolute atomic E-state index is 0.121. The molecule has 1 aromatic rings. The van der Waals surface area contributed by atoms with Crippen molar-refractivity contribution in [1.29, 1.82) is 0 Å². The number of phenols is 1. The van der Waals surface area contributed by atoms with Crippen molar-refractivity contribution in [2.24, 2.45) is 5.92 Å². The Kier molecular flexibility index (Phi) is 5.94. The number of amides is 2. The lowest BCUT2D eigenvalue weighted by atomic mass is 9.91. The lowest BCUT2D eigenvalue weighted by molar-refractivity contribution is -0.139. The van der Waals surface area contributed by atoms with Gasteiger partial charge in [-0.1, -0.05) is 29.8 Å². The maximum absolute atomic E-state index is 12.6. The highest BCUT2D eigenvalue weighted by Crippen LogP contribution is 2.41. The van der Waals surface area contributed by atoms with Gasteiger partial charge in [-0.15, -0.1) is 0 Å². The van der Waals surface area contributed by atoms with Crippen molar-refractivity contribution in [1.82, 2.24) is 10.6 Å². The lowest BCUT2D eigenvalue weighted by Gasteiger charge is -2.31. The molecule has 1 unspecified atom stereocenters. The van der Waals surface area contributed by atoms with E-state index in [1.165, 1.54) is 7.11 Å². The number of aromatic hydroxyl groups is 1. The summed E-state index contributed by atoms with van der Waals surface area (Å²) in [6.07, 6.45) is 0. The first-order valence-corrected chi connectivity index (χ1v) is 8.64. The van der Waals surface area contributed by atoms with Crippen LogP contribution in [0.5, 0.6) is 11.5 Å². The fourth-order valence-electron chi connectivity index (χ4n) is 2.68. The maximum atomic E-state index is 12.6. The zero-order valence-corrected chi connectivity index (χ0v) is 16.1. The van der Waals surface area contributed by atoms with Crippen LogP contribution in [0, 0.1) is 5.92 Å². The van der Waals surface area contributed by atoms with Crippen LogP contribution in [-0.2, 0) is 9.53 Å². The Morgan fingerprint density at radius 1 is 1.40 bits per heavy atom. The predicted octanol–water partition coefficient (Wildman–Crippen LogP) is 2.99. The van der Waals surface area contributed by atoms with Crippen molar-refractivity contribution < 1.29 is 24.2 Å². The first-order chi connectivity index (χ1) is 11.8. The average Bonchev–Trinajstić information content (AvgIpc) is 2.55. The fourth-order valence-corrected chi connectivity index (χ4v) is 3.13. The van der Waals surface area contributed by atoms with E-state index in [1.54, 1.807) is 19.1 Å². The molecule has 1 atom stereocenters. The molecular formula is C17H21BrN2O5. The Bertz CT molecular complexity index is 730. The number of carbonyl (C=O) groups is 2. The minimum Gasteiger partial charge on any atom is -0.504 e. The number of nitrogens with one attached hydrogen (secondary N) is 2. The van der Waals surface area contributed by atoms with Gasteiger partial charge in [0.15, 0.2) is 11.5 Å². The van der Waals surface area contributed by atoms with E-state index >= 15 is 0 Å². The summed E-state index contributed by atoms with van der Waals surface area (Å²) in [6.45, 7) is 5.62. The number of rotatable bonds is 5. The third kappa shape index (κ3) is 3.89. The molecule has 0 radical (unpaired) electrons. The number of urea groups is 1. The molecule has 0 spiro atoms. The van der Waals surface area contributed by atoms with E-state index in [9.17, 15) is 14.7 Å². The molecule has 136 valence electrons. The Morgan fingerprint density at radius 3 is 2.64 bits per heavy atom. The van der Waals surface area contributed by atoms with E-state index in [-0.39, 0.29) is 29.6 Å². The molecular weight excluding hydrogens is 392 g/mol. The Labute approximate surface area is 154 Å². The van der Waals surface area contributed by atoms with Gasteiger partial charge >= 0.3 is 12.0 Å². The SMILES string of the molecule is CCOC(=O)C1=C(C(C)C)NC(=O)NC1c1cc(Br)cc(OC)c1O. The van der Waals surface area contributed by atoms with Crippen LogP contribution < -0.4 is 15.4 Å². The summed E-state index contributed by atoms with van der Waals surface area (Å²) < 4.78 is 11.0. The number of hydrogen-bond acceptors (Lipinski definition) is 5. The van der Waals surface area contributed by atoms with Crippen LogP contribution in [0.4, 0.5) is 4.79 Å². The molecule has 25 heavy (non-hydrogen) atoms. The van der Waals surface area contributed by atoms with Crippen LogP contribution in [0.15, 0.2) is 27.9 Å². The second kappa shape index (κ2) is 7.77. The zero-order valence-electron chi connectivity index (χ0n) is 14.5. The van der Waals surface area contributed by atoms with Gasteiger partial charge in [0.05, 0.1) is 25.3 Å². The van der Waals surface area contributed by atoms with Gasteiger partial charge in [-0.3, -0.25) is 0 Å². The van der Waals surface area contributed by atoms with E-state index in [0.29, 0.717) is 15.7 Å². The van der Waals surface area contributed by atoms with Gasteiger partial charge < -0.3 is 25.2 Å². The van der Waals surface area contributed by atoms with Gasteiger partial charge in [0, 0.05) is 15.7 Å². The van der Waals surface area contributed by atoms with E-state index < -0.39 is 18.0 Å². The van der Waals surface area contributed by atoms with Crippen LogP contribution in [0.1, 0.15) is 32.4 Å². The summed E-state index contributed by atoms with van der Waals surface area (Å²) in [7, 11) is 1.42. The van der Waals surface area contributed by atoms with Crippen molar-refractivity contribution in [3.63, 3.8) is 0 Å². The Balaban J connectivity index is 2.68. The molecule has 1 aromatic carbocycles. The summed E-state index contributed by atoms with van der Waals surface area (Å²) >= 11 is 3.35. The number of methoxy groups -OCH3 is 1. The van der Waals surface area contributed by atoms with Crippen molar-refractivity contribution in [3.8, 4) is 11.5 Å². The molecule has 1 aliphatic rings. The first kappa shape index (κ1) is 19.1. The van der Waals surface area contributed by atoms with Gasteiger partial charge in [-0.05, 0) is 25.0 Å². The molecule has 0 saturated carbocycles. The highest BCUT2D eigenvalue weighted by Gasteiger charge is 2.36. The first-order valence-electron chi connectivity index (χ1n) is 7.85. The van der Waals surface area contributed by atoms with E-state index in [0.717, 1.165) is 0 Å². The Hall–Kier alpha value is -2.22. The molecule has 0 bridgehead atoms. The number of ether oxygens (including phenoxy) is 2. The number of esters is 1. The molecule has 2 rings (SSSR count). The van der Waals surface area contributed by atoms with Gasteiger partial charge in [0.25, 0.3) is 0 Å². The largest absolute Gasteiger partial charge is 0.504 e. The second-order valence-electron chi connectivity index (χ2n) is 5.78. The third-order valence-corrected chi connectivity index (χ3v) is 4.23. The number of carbonyl (C=O) groups excluding carboxylic acids is 2. The van der Waals surface area contributed by atoms with Crippen LogP contribution in [0.2, 0.25) is 0 Å². The quantitative estimate of drug-likeness (QED) is 0.645. The third-order valence-electron chi connectivity index (χ3n) is 3.78. The average molecular weight is 413 g/mol. The van der Waals surface area contributed by atoms with Crippen molar-refractivity contribution in [3.05, 3.63) is 33.4 Å². The zero-order chi connectivity index (χ0) is 18.7. The minimum atomic E-state index is -0.864. The lowest BCUT2D eigenvalue weighted by Crippen LogP contribution is -2.47. The Morgan fingerprint density at radius 2 is 2.08 bits per heavy atom. The molecule has 3 N–H and O–H groups in total. The topological polar surface area (TPSA) is 96.9 Å². The van der Waals surface area contributed by atoms with Crippen LogP contribution in [0.25, 0.3) is 0 Å². The number of hydrogen-bond donors (Lipinski definition) is 3. The number of benzene rings is 1. The molecule has 0 fully saturated rings. The molecule has 0 aliphatic carbocycles. The molecule has 0 saturated heterocycles. The summed E-state index contributed by atoms with van der Waals surface area (Å²) in [4.78, 5) is 24.7. The van der Waals surface area contributed by atoms with Gasteiger partial charge in [-0.2, -0.15) is 0 Å². The molecule has 1 heterocycles. The highest BCUT2D eigenvalue weighted by atomic mass is 79.9. The molecule has 7 nitrogen and oxygen atoms in total. The van der Waals surface area contributed by atoms with Crippen molar-refractivity contribution >= 4 is 27.9 Å². The number of halogens is 1. The van der Waals surface area contributed by atoms with Crippen LogP contribution in [0.3, 0.4) is 0 Å². The predicted molar refractivity (Wildman–Crippen MR) is 95.3 cm³/mol. The molecule has 1 aliphatic heterocycles. The monoisotopic (exact) mass is 412 g/mol. The molecule has 2 amide bonds. The second-order valence-corrected chi connectivity index (χ2v) is 6.70. The van der Waals surface area contributed by atoms with E-state index in [1.807, 2.05) is 13.8 Å². The maximum Gasteiger partial charge on any atom is 0.338 e. The summed E-state index contributed by atoms with van der Waals surface area (Å²) in [5.41, 5.74) is 1.06. The summed E-state index contributed by atoms with van der Waals surface area (Å²) in [5.74, 6) is -0.597. The van der Waals surface area contributed by atoms with Crippen LogP contribution in [-0.4, -0.2) is 30.8 Å². The molecule has 8 heteroatoms. The van der Waals surface area contributed by atoms with Gasteiger partial charge in [-0.25, -0.2) is 9.59 Å². The normalized spacial score (nSPS) is 17.2. The molecule has 0 aromatic heterocycles. The van der Waals surface area contributed by atoms with Crippen LogP contribution >= 0.6 is 15.9 Å². The smallest absolute Gasteiger partial charge is 0.338 e. The van der Waals surface area contributed by atoms with Crippen molar-refractivity contribution in [2.45, 2.75) is 26.8 Å². The summed E-state index contributed by atoms with van der Waals surface area (Å²) in [6, 6.07) is 1.90. The van der Waals surface area contributed by atoms with E-state index in [4.69, 9.17) is 9.47 Å². The van der Waals surface area contributed by atoms with E-state index in [2.05, 4.69) is 26.6 Å². The standard InChI is InChI=1S/C17H21BrN2O5/c1-5-25-16(22)12-13(8(2)3)19-17(23)20-14(12)10-6-9(18)7-11(24-4)15(10)21/h6-8,14,21H,5H2,1-4H3,(H2,19,20,23). The highest BCUT2D eigenvalue weighted by molar-refractivity contribution is 9.10. The summed E-state index contributed by atoms with van der Waals surface area (Å²) in [5, 5.41) is 15.9. The fraction of sp³-hybridized carbons (Fsp3) is 0.412. The number of allylic oxidation sites excluding steroid dienone is 1.